The van der Waals surface area contributed by atoms with Gasteiger partial charge in [-0.05, 0) is 25.7 Å². The van der Waals surface area contributed by atoms with Gasteiger partial charge in [0, 0.05) is 13.2 Å². The van der Waals surface area contributed by atoms with Gasteiger partial charge in [0.1, 0.15) is 0 Å². The summed E-state index contributed by atoms with van der Waals surface area (Å²) in [6.45, 7) is 6.56. The number of ether oxygens (including phenoxy) is 1. The van der Waals surface area contributed by atoms with Crippen molar-refractivity contribution in [1.82, 2.24) is 5.43 Å². The van der Waals surface area contributed by atoms with E-state index in [0.717, 1.165) is 18.8 Å². The van der Waals surface area contributed by atoms with E-state index in [1.807, 2.05) is 0 Å². The van der Waals surface area contributed by atoms with E-state index in [2.05, 4.69) is 26.2 Å². The fourth-order valence-corrected chi connectivity index (χ4v) is 1.75. The van der Waals surface area contributed by atoms with Crippen LogP contribution in [0.1, 0.15) is 46.5 Å². The van der Waals surface area contributed by atoms with Gasteiger partial charge in [0.25, 0.3) is 0 Å². The molecule has 2 unspecified atom stereocenters. The lowest BCUT2D eigenvalue weighted by Crippen LogP contribution is -2.38. The number of nitrogens with one attached hydrogen (secondary N) is 1. The van der Waals surface area contributed by atoms with Gasteiger partial charge in [-0.25, -0.2) is 0 Å². The molecule has 0 saturated heterocycles. The average Bonchev–Trinajstić information content (AvgIpc) is 2.23. The second-order valence-electron chi connectivity index (χ2n) is 4.06. The average molecular weight is 202 g/mol. The summed E-state index contributed by atoms with van der Waals surface area (Å²) in [6, 6.07) is 0.384. The Kier molecular flexibility index (Phi) is 8.14. The van der Waals surface area contributed by atoms with Gasteiger partial charge in [0.05, 0.1) is 6.10 Å². The molecule has 0 radical (unpaired) electrons. The van der Waals surface area contributed by atoms with Crippen LogP contribution in [-0.4, -0.2) is 19.3 Å². The third-order valence-corrected chi connectivity index (χ3v) is 3.03. The van der Waals surface area contributed by atoms with Crippen LogP contribution in [0.2, 0.25) is 0 Å². The molecule has 0 heterocycles. The molecule has 0 aromatic carbocycles. The lowest BCUT2D eigenvalue weighted by Gasteiger charge is -2.23. The van der Waals surface area contributed by atoms with Gasteiger partial charge in [0.2, 0.25) is 0 Å². The Labute approximate surface area is 88.4 Å². The molecule has 2 atom stereocenters. The zero-order chi connectivity index (χ0) is 11.0. The van der Waals surface area contributed by atoms with Crippen molar-refractivity contribution in [2.45, 2.75) is 58.6 Å². The largest absolute Gasteiger partial charge is 0.382 e. The zero-order valence-electron chi connectivity index (χ0n) is 10.0. The van der Waals surface area contributed by atoms with Gasteiger partial charge < -0.3 is 4.74 Å². The SMILES string of the molecule is CCC(CC)CC(CC(C)OC)NN. The fourth-order valence-electron chi connectivity index (χ4n) is 1.75. The zero-order valence-corrected chi connectivity index (χ0v) is 10.0. The standard InChI is InChI=1S/C11H26N2O/c1-5-10(6-2)8-11(13-12)7-9(3)14-4/h9-11,13H,5-8,12H2,1-4H3. The molecule has 0 aliphatic carbocycles. The summed E-state index contributed by atoms with van der Waals surface area (Å²) in [5.41, 5.74) is 2.89. The van der Waals surface area contributed by atoms with Crippen molar-refractivity contribution < 1.29 is 4.74 Å². The molecule has 0 aliphatic heterocycles. The van der Waals surface area contributed by atoms with Gasteiger partial charge in [-0.15, -0.1) is 0 Å². The highest BCUT2D eigenvalue weighted by Gasteiger charge is 2.15. The Balaban J connectivity index is 3.88. The van der Waals surface area contributed by atoms with E-state index in [0.29, 0.717) is 6.04 Å². The van der Waals surface area contributed by atoms with Crippen LogP contribution in [0.25, 0.3) is 0 Å². The number of hydrogen-bond acceptors (Lipinski definition) is 3. The van der Waals surface area contributed by atoms with Crippen LogP contribution in [0.5, 0.6) is 0 Å². The highest BCUT2D eigenvalue weighted by Crippen LogP contribution is 2.17. The van der Waals surface area contributed by atoms with Crippen molar-refractivity contribution in [2.24, 2.45) is 11.8 Å². The first kappa shape index (κ1) is 13.9. The molecule has 3 heteroatoms. The first-order valence-corrected chi connectivity index (χ1v) is 5.66. The minimum atomic E-state index is 0.283. The predicted molar refractivity (Wildman–Crippen MR) is 60.9 cm³/mol. The van der Waals surface area contributed by atoms with Crippen molar-refractivity contribution in [3.8, 4) is 0 Å². The van der Waals surface area contributed by atoms with Crippen molar-refractivity contribution >= 4 is 0 Å². The lowest BCUT2D eigenvalue weighted by molar-refractivity contribution is 0.0966. The van der Waals surface area contributed by atoms with Crippen molar-refractivity contribution in [2.75, 3.05) is 7.11 Å². The van der Waals surface area contributed by atoms with Crippen LogP contribution in [0.4, 0.5) is 0 Å². The molecule has 86 valence electrons. The highest BCUT2D eigenvalue weighted by atomic mass is 16.5. The van der Waals surface area contributed by atoms with Gasteiger partial charge in [-0.2, -0.15) is 0 Å². The van der Waals surface area contributed by atoms with Crippen molar-refractivity contribution in [3.63, 3.8) is 0 Å². The molecule has 0 spiro atoms. The summed E-state index contributed by atoms with van der Waals surface area (Å²) in [7, 11) is 1.75. The minimum Gasteiger partial charge on any atom is -0.382 e. The van der Waals surface area contributed by atoms with E-state index < -0.39 is 0 Å². The number of hydrogen-bond donors (Lipinski definition) is 2. The predicted octanol–water partition coefficient (Wildman–Crippen LogP) is 2.07. The summed E-state index contributed by atoms with van der Waals surface area (Å²) in [5, 5.41) is 0. The second-order valence-corrected chi connectivity index (χ2v) is 4.06. The minimum absolute atomic E-state index is 0.283. The first-order chi connectivity index (χ1) is 6.67. The monoisotopic (exact) mass is 202 g/mol. The normalized spacial score (nSPS) is 15.9. The molecule has 0 amide bonds. The molecular weight excluding hydrogens is 176 g/mol. The van der Waals surface area contributed by atoms with Crippen molar-refractivity contribution in [1.29, 1.82) is 0 Å². The Morgan fingerprint density at radius 1 is 1.21 bits per heavy atom. The quantitative estimate of drug-likeness (QED) is 0.468. The maximum absolute atomic E-state index is 5.53. The van der Waals surface area contributed by atoms with Crippen LogP contribution in [0.3, 0.4) is 0 Å². The molecule has 14 heavy (non-hydrogen) atoms. The Morgan fingerprint density at radius 3 is 2.14 bits per heavy atom. The van der Waals surface area contributed by atoms with Crippen LogP contribution in [-0.2, 0) is 4.74 Å². The van der Waals surface area contributed by atoms with E-state index in [4.69, 9.17) is 10.6 Å². The van der Waals surface area contributed by atoms with Gasteiger partial charge in [-0.1, -0.05) is 26.7 Å². The second kappa shape index (κ2) is 8.21. The third kappa shape index (κ3) is 5.58. The summed E-state index contributed by atoms with van der Waals surface area (Å²) < 4.78 is 5.24. The van der Waals surface area contributed by atoms with Gasteiger partial charge >= 0.3 is 0 Å². The van der Waals surface area contributed by atoms with Crippen LogP contribution in [0, 0.1) is 5.92 Å². The smallest absolute Gasteiger partial charge is 0.0558 e. The first-order valence-electron chi connectivity index (χ1n) is 5.66. The maximum Gasteiger partial charge on any atom is 0.0558 e. The van der Waals surface area contributed by atoms with Gasteiger partial charge in [-0.3, -0.25) is 11.3 Å². The molecule has 0 rings (SSSR count). The van der Waals surface area contributed by atoms with E-state index in [9.17, 15) is 0 Å². The number of methoxy groups -OCH3 is 1. The number of nitrogens with two attached hydrogens (primary N) is 1. The number of hydrazine groups is 1. The molecular formula is C11H26N2O. The molecule has 0 fully saturated rings. The lowest BCUT2D eigenvalue weighted by atomic mass is 9.92. The van der Waals surface area contributed by atoms with Crippen LogP contribution < -0.4 is 11.3 Å². The molecule has 0 aromatic heterocycles. The summed E-state index contributed by atoms with van der Waals surface area (Å²) in [4.78, 5) is 0. The highest BCUT2D eigenvalue weighted by molar-refractivity contribution is 4.71. The molecule has 0 bridgehead atoms. The van der Waals surface area contributed by atoms with E-state index >= 15 is 0 Å². The third-order valence-electron chi connectivity index (χ3n) is 3.03. The molecule has 3 N–H and O–H groups in total. The Hall–Kier alpha value is -0.120. The fraction of sp³-hybridized carbons (Fsp3) is 1.00. The topological polar surface area (TPSA) is 47.3 Å². The Bertz CT molecular complexity index is 126. The maximum atomic E-state index is 5.53. The van der Waals surface area contributed by atoms with Gasteiger partial charge in [0.15, 0.2) is 0 Å². The summed E-state index contributed by atoms with van der Waals surface area (Å²) >= 11 is 0. The van der Waals surface area contributed by atoms with E-state index in [-0.39, 0.29) is 6.10 Å². The summed E-state index contributed by atoms with van der Waals surface area (Å²) in [5.74, 6) is 6.31. The van der Waals surface area contributed by atoms with Crippen molar-refractivity contribution in [3.05, 3.63) is 0 Å². The molecule has 0 aliphatic rings. The van der Waals surface area contributed by atoms with E-state index in [1.165, 1.54) is 12.8 Å². The summed E-state index contributed by atoms with van der Waals surface area (Å²) in [6.07, 6.45) is 4.89. The molecule has 3 nitrogen and oxygen atoms in total. The number of rotatable bonds is 8. The van der Waals surface area contributed by atoms with Crippen LogP contribution >= 0.6 is 0 Å². The molecule has 0 aromatic rings. The van der Waals surface area contributed by atoms with E-state index in [1.54, 1.807) is 7.11 Å². The Morgan fingerprint density at radius 2 is 1.79 bits per heavy atom. The molecule has 0 saturated carbocycles. The van der Waals surface area contributed by atoms with Crippen LogP contribution in [0.15, 0.2) is 0 Å².